The Balaban J connectivity index is 1.54. The highest BCUT2D eigenvalue weighted by molar-refractivity contribution is 5.94. The van der Waals surface area contributed by atoms with Crippen molar-refractivity contribution in [2.45, 2.75) is 12.8 Å². The number of non-ortho nitro benzene ring substituents is 1. The Morgan fingerprint density at radius 2 is 1.83 bits per heavy atom. The van der Waals surface area contributed by atoms with E-state index in [9.17, 15) is 24.1 Å². The number of carbonyl (C=O) groups is 2. The quantitative estimate of drug-likeness (QED) is 0.474. The predicted molar refractivity (Wildman–Crippen MR) is 106 cm³/mol. The zero-order valence-electron chi connectivity index (χ0n) is 15.6. The first-order valence-corrected chi connectivity index (χ1v) is 9.21. The standard InChI is InChI=1S/C21H20FN3O4/c22-18-8-7-17(25(28)29)14-19(18)23-21(27)16-10-12-24(13-11-16)20(26)9-6-15-4-2-1-3-5-15/h1-9,14,16H,10-13H2,(H,23,27)/b9-6+. The van der Waals surface area contributed by atoms with Gasteiger partial charge in [0.05, 0.1) is 10.6 Å². The van der Waals surface area contributed by atoms with E-state index >= 15 is 0 Å². The van der Waals surface area contributed by atoms with Crippen LogP contribution in [-0.4, -0.2) is 34.7 Å². The first-order chi connectivity index (χ1) is 13.9. The molecule has 1 aliphatic rings. The molecule has 1 heterocycles. The Morgan fingerprint density at radius 3 is 2.48 bits per heavy atom. The number of hydrogen-bond donors (Lipinski definition) is 1. The molecule has 0 aliphatic carbocycles. The van der Waals surface area contributed by atoms with Crippen molar-refractivity contribution >= 4 is 29.3 Å². The van der Waals surface area contributed by atoms with E-state index in [0.717, 1.165) is 23.8 Å². The Hall–Kier alpha value is -3.55. The fourth-order valence-electron chi connectivity index (χ4n) is 3.16. The molecule has 0 spiro atoms. The van der Waals surface area contributed by atoms with Gasteiger partial charge in [0.1, 0.15) is 5.82 Å². The molecular weight excluding hydrogens is 377 g/mol. The molecule has 1 saturated heterocycles. The molecule has 1 N–H and O–H groups in total. The number of benzene rings is 2. The van der Waals surface area contributed by atoms with Crippen LogP contribution in [0, 0.1) is 21.8 Å². The highest BCUT2D eigenvalue weighted by atomic mass is 19.1. The smallest absolute Gasteiger partial charge is 0.271 e. The Morgan fingerprint density at radius 1 is 1.14 bits per heavy atom. The number of nitrogens with one attached hydrogen (secondary N) is 1. The average Bonchev–Trinajstić information content (AvgIpc) is 2.74. The van der Waals surface area contributed by atoms with Crippen LogP contribution in [0.4, 0.5) is 15.8 Å². The van der Waals surface area contributed by atoms with Gasteiger partial charge < -0.3 is 10.2 Å². The van der Waals surface area contributed by atoms with E-state index in [2.05, 4.69) is 5.32 Å². The van der Waals surface area contributed by atoms with Crippen LogP contribution < -0.4 is 5.32 Å². The van der Waals surface area contributed by atoms with Gasteiger partial charge in [-0.25, -0.2) is 4.39 Å². The lowest BCUT2D eigenvalue weighted by atomic mass is 9.95. The summed E-state index contributed by atoms with van der Waals surface area (Å²) in [4.78, 5) is 36.6. The van der Waals surface area contributed by atoms with Gasteiger partial charge in [0.25, 0.3) is 5.69 Å². The second kappa shape index (κ2) is 9.09. The minimum Gasteiger partial charge on any atom is -0.339 e. The number of piperidine rings is 1. The van der Waals surface area contributed by atoms with Crippen molar-refractivity contribution in [3.63, 3.8) is 0 Å². The van der Waals surface area contributed by atoms with Crippen molar-refractivity contribution in [3.05, 3.63) is 76.1 Å². The van der Waals surface area contributed by atoms with Crippen LogP contribution in [0.2, 0.25) is 0 Å². The summed E-state index contributed by atoms with van der Waals surface area (Å²) in [6, 6.07) is 12.5. The van der Waals surface area contributed by atoms with Crippen LogP contribution in [0.25, 0.3) is 6.08 Å². The molecule has 7 nitrogen and oxygen atoms in total. The Labute approximate surface area is 167 Å². The predicted octanol–water partition coefficient (Wildman–Crippen LogP) is 3.62. The molecule has 2 aromatic rings. The lowest BCUT2D eigenvalue weighted by molar-refractivity contribution is -0.384. The first-order valence-electron chi connectivity index (χ1n) is 9.21. The van der Waals surface area contributed by atoms with Crippen LogP contribution in [0.3, 0.4) is 0 Å². The van der Waals surface area contributed by atoms with Crippen molar-refractivity contribution in [1.82, 2.24) is 4.90 Å². The lowest BCUT2D eigenvalue weighted by Gasteiger charge is -2.30. The fraction of sp³-hybridized carbons (Fsp3) is 0.238. The lowest BCUT2D eigenvalue weighted by Crippen LogP contribution is -2.40. The van der Waals surface area contributed by atoms with E-state index < -0.39 is 22.6 Å². The molecule has 0 bridgehead atoms. The number of carbonyl (C=O) groups excluding carboxylic acids is 2. The molecule has 1 aliphatic heterocycles. The third kappa shape index (κ3) is 5.25. The number of amides is 2. The monoisotopic (exact) mass is 397 g/mol. The van der Waals surface area contributed by atoms with Gasteiger partial charge >= 0.3 is 0 Å². The average molecular weight is 397 g/mol. The van der Waals surface area contributed by atoms with E-state index in [1.807, 2.05) is 30.3 Å². The summed E-state index contributed by atoms with van der Waals surface area (Å²) >= 11 is 0. The van der Waals surface area contributed by atoms with Crippen molar-refractivity contribution in [3.8, 4) is 0 Å². The Kier molecular flexibility index (Phi) is 6.33. The van der Waals surface area contributed by atoms with Crippen LogP contribution >= 0.6 is 0 Å². The molecule has 1 fully saturated rings. The molecule has 0 unspecified atom stereocenters. The molecule has 2 aromatic carbocycles. The molecule has 29 heavy (non-hydrogen) atoms. The molecule has 150 valence electrons. The topological polar surface area (TPSA) is 92.5 Å². The summed E-state index contributed by atoms with van der Waals surface area (Å²) in [7, 11) is 0. The van der Waals surface area contributed by atoms with E-state index in [0.29, 0.717) is 25.9 Å². The highest BCUT2D eigenvalue weighted by Gasteiger charge is 2.27. The first kappa shape index (κ1) is 20.2. The van der Waals surface area contributed by atoms with Gasteiger partial charge in [0, 0.05) is 37.2 Å². The molecule has 0 radical (unpaired) electrons. The van der Waals surface area contributed by atoms with E-state index in [1.165, 1.54) is 6.08 Å². The third-order valence-electron chi connectivity index (χ3n) is 4.81. The Bertz CT molecular complexity index is 938. The largest absolute Gasteiger partial charge is 0.339 e. The second-order valence-corrected chi connectivity index (χ2v) is 6.75. The summed E-state index contributed by atoms with van der Waals surface area (Å²) in [6.07, 6.45) is 4.13. The molecular formula is C21H20FN3O4. The summed E-state index contributed by atoms with van der Waals surface area (Å²) in [5.41, 5.74) is 0.412. The normalized spacial score (nSPS) is 14.7. The summed E-state index contributed by atoms with van der Waals surface area (Å²) < 4.78 is 13.9. The number of nitro benzene ring substituents is 1. The third-order valence-corrected chi connectivity index (χ3v) is 4.81. The van der Waals surface area contributed by atoms with Crippen molar-refractivity contribution in [2.24, 2.45) is 5.92 Å². The van der Waals surface area contributed by atoms with Crippen LogP contribution in [0.1, 0.15) is 18.4 Å². The number of anilines is 1. The minimum atomic E-state index is -0.734. The van der Waals surface area contributed by atoms with Gasteiger partial charge in [-0.05, 0) is 30.5 Å². The number of rotatable bonds is 5. The number of hydrogen-bond acceptors (Lipinski definition) is 4. The van der Waals surface area contributed by atoms with Crippen molar-refractivity contribution in [1.29, 1.82) is 0 Å². The minimum absolute atomic E-state index is 0.127. The maximum atomic E-state index is 13.9. The zero-order valence-corrected chi connectivity index (χ0v) is 15.6. The molecule has 0 atom stereocenters. The number of nitrogens with zero attached hydrogens (tertiary/aromatic N) is 2. The highest BCUT2D eigenvalue weighted by Crippen LogP contribution is 2.24. The van der Waals surface area contributed by atoms with E-state index in [1.54, 1.807) is 11.0 Å². The molecule has 3 rings (SSSR count). The molecule has 0 aromatic heterocycles. The number of halogens is 1. The van der Waals surface area contributed by atoms with Gasteiger partial charge in [0.15, 0.2) is 0 Å². The number of nitro groups is 1. The summed E-state index contributed by atoms with van der Waals surface area (Å²) in [6.45, 7) is 0.820. The molecule has 8 heteroatoms. The van der Waals surface area contributed by atoms with Gasteiger partial charge in [-0.3, -0.25) is 19.7 Å². The van der Waals surface area contributed by atoms with Gasteiger partial charge in [-0.1, -0.05) is 30.3 Å². The van der Waals surface area contributed by atoms with E-state index in [-0.39, 0.29) is 17.3 Å². The maximum Gasteiger partial charge on any atom is 0.271 e. The van der Waals surface area contributed by atoms with E-state index in [4.69, 9.17) is 0 Å². The number of likely N-dealkylation sites (tertiary alicyclic amines) is 1. The zero-order chi connectivity index (χ0) is 20.8. The fourth-order valence-corrected chi connectivity index (χ4v) is 3.16. The van der Waals surface area contributed by atoms with Crippen LogP contribution in [0.5, 0.6) is 0 Å². The molecule has 0 saturated carbocycles. The second-order valence-electron chi connectivity index (χ2n) is 6.75. The van der Waals surface area contributed by atoms with Gasteiger partial charge in [0.2, 0.25) is 11.8 Å². The molecule has 2 amide bonds. The van der Waals surface area contributed by atoms with Gasteiger partial charge in [-0.15, -0.1) is 0 Å². The van der Waals surface area contributed by atoms with Crippen LogP contribution in [-0.2, 0) is 9.59 Å². The van der Waals surface area contributed by atoms with Crippen LogP contribution in [0.15, 0.2) is 54.6 Å². The van der Waals surface area contributed by atoms with Gasteiger partial charge in [-0.2, -0.15) is 0 Å². The summed E-state index contributed by atoms with van der Waals surface area (Å²) in [5, 5.41) is 13.3. The SMILES string of the molecule is O=C(Nc1cc([N+](=O)[O-])ccc1F)C1CCN(C(=O)/C=C/c2ccccc2)CC1. The van der Waals surface area contributed by atoms with Crippen molar-refractivity contribution < 1.29 is 18.9 Å². The maximum absolute atomic E-state index is 13.9. The summed E-state index contributed by atoms with van der Waals surface area (Å²) in [5.74, 6) is -1.66. The van der Waals surface area contributed by atoms with Crippen molar-refractivity contribution in [2.75, 3.05) is 18.4 Å².